The molecule has 18 N–H and O–H groups in total. The van der Waals surface area contributed by atoms with Gasteiger partial charge >= 0.3 is 5.97 Å². The number of carboxylic acids is 1. The maximum Gasteiger partial charge on any atom is 0.326 e. The Hall–Kier alpha value is -9.32. The van der Waals surface area contributed by atoms with E-state index in [1.807, 2.05) is 118 Å². The highest BCUT2D eigenvalue weighted by Crippen LogP contribution is 2.25. The number of fused-ring (bicyclic) bond motifs is 4. The van der Waals surface area contributed by atoms with Crippen molar-refractivity contribution < 1.29 is 43.5 Å². The molecule has 4 heterocycles. The molecule has 8 rings (SSSR count). The summed E-state index contributed by atoms with van der Waals surface area (Å²) in [5.41, 5.74) is 23.6. The molecule has 484 valence electrons. The average molecular weight is 1250 g/mol. The van der Waals surface area contributed by atoms with Gasteiger partial charge in [-0.3, -0.25) is 33.6 Å². The van der Waals surface area contributed by atoms with Gasteiger partial charge < -0.3 is 79.5 Å². The monoisotopic (exact) mass is 1240 g/mol. The number of nitrogens with one attached hydrogen (secondary N) is 11. The fourth-order valence-corrected chi connectivity index (χ4v) is 11.6. The molecule has 91 heavy (non-hydrogen) atoms. The number of aromatic amines is 4. The van der Waals surface area contributed by atoms with Gasteiger partial charge in [0, 0.05) is 94.1 Å². The van der Waals surface area contributed by atoms with Crippen LogP contribution in [0.5, 0.6) is 0 Å². The van der Waals surface area contributed by atoms with Crippen LogP contribution in [0.25, 0.3) is 43.6 Å². The lowest BCUT2D eigenvalue weighted by Crippen LogP contribution is -2.61. The normalized spacial score (nSPS) is 14.6. The van der Waals surface area contributed by atoms with Crippen LogP contribution in [-0.4, -0.2) is 134 Å². The predicted octanol–water partition coefficient (Wildman–Crippen LogP) is 5.04. The van der Waals surface area contributed by atoms with E-state index in [-0.39, 0.29) is 44.4 Å². The summed E-state index contributed by atoms with van der Waals surface area (Å²) in [5, 5.41) is 33.5. The number of hydrogen-bond donors (Lipinski definition) is 15. The molecule has 0 aliphatic rings. The molecule has 23 nitrogen and oxygen atoms in total. The van der Waals surface area contributed by atoms with Crippen LogP contribution >= 0.6 is 0 Å². The predicted molar refractivity (Wildman–Crippen MR) is 352 cm³/mol. The lowest BCUT2D eigenvalue weighted by molar-refractivity contribution is -0.142. The summed E-state index contributed by atoms with van der Waals surface area (Å²) >= 11 is 0. The van der Waals surface area contributed by atoms with Gasteiger partial charge in [0.15, 0.2) is 0 Å². The summed E-state index contributed by atoms with van der Waals surface area (Å²) in [4.78, 5) is 129. The third-order valence-electron chi connectivity index (χ3n) is 16.9. The van der Waals surface area contributed by atoms with Gasteiger partial charge in [-0.15, -0.1) is 0 Å². The van der Waals surface area contributed by atoms with Gasteiger partial charge in [0.1, 0.15) is 42.3 Å². The Morgan fingerprint density at radius 2 is 0.736 bits per heavy atom. The molecule has 0 fully saturated rings. The second-order valence-electron chi connectivity index (χ2n) is 24.1. The van der Waals surface area contributed by atoms with Crippen molar-refractivity contribution >= 4 is 90.9 Å². The van der Waals surface area contributed by atoms with E-state index in [9.17, 15) is 29.1 Å². The smallest absolute Gasteiger partial charge is 0.326 e. The first-order chi connectivity index (χ1) is 43.8. The van der Waals surface area contributed by atoms with Crippen molar-refractivity contribution in [3.63, 3.8) is 0 Å². The number of H-pyrrole nitrogens is 4. The minimum Gasteiger partial charge on any atom is -0.480 e. The quantitative estimate of drug-likeness (QED) is 0.0233. The topological polar surface area (TPSA) is 382 Å². The number of aromatic nitrogens is 4. The molecule has 0 bridgehead atoms. The van der Waals surface area contributed by atoms with Crippen LogP contribution in [-0.2, 0) is 64.0 Å². The number of amides is 7. The van der Waals surface area contributed by atoms with Gasteiger partial charge in [-0.2, -0.15) is 0 Å². The third-order valence-corrected chi connectivity index (χ3v) is 16.9. The Morgan fingerprint density at radius 3 is 1.10 bits per heavy atom. The zero-order chi connectivity index (χ0) is 65.1. The number of carbonyl (C=O) groups is 8. The number of unbranched alkanes of at least 4 members (excludes halogenated alkanes) is 2. The number of aliphatic carboxylic acids is 1. The van der Waals surface area contributed by atoms with Crippen LogP contribution in [0.4, 0.5) is 0 Å². The molecule has 0 aliphatic heterocycles. The van der Waals surface area contributed by atoms with E-state index in [4.69, 9.17) is 17.2 Å². The fourth-order valence-electron chi connectivity index (χ4n) is 11.6. The third kappa shape index (κ3) is 18.0. The zero-order valence-corrected chi connectivity index (χ0v) is 52.2. The first kappa shape index (κ1) is 67.6. The number of carboxylic acid groups (broad SMARTS) is 1. The number of hydrogen-bond acceptors (Lipinski definition) is 11. The molecule has 23 heteroatoms. The molecular weight excluding hydrogens is 1160 g/mol. The van der Waals surface area contributed by atoms with E-state index in [1.54, 1.807) is 31.7 Å². The van der Waals surface area contributed by atoms with Gasteiger partial charge in [-0.05, 0) is 110 Å². The van der Waals surface area contributed by atoms with E-state index < -0.39 is 102 Å². The Balaban J connectivity index is 1.09. The highest BCUT2D eigenvalue weighted by Gasteiger charge is 2.37. The Labute approximate surface area is 528 Å². The molecule has 8 aromatic rings. The van der Waals surface area contributed by atoms with E-state index >= 15 is 14.4 Å². The molecule has 0 aliphatic carbocycles. The SMILES string of the molecule is CC[C@H](C)[C@H](NC(=O)[C@H](Cc1c[nH]c2ccccc12)NC(=O)[C@@H](N)CCCCN)C(=O)N[C@@H](Cc1c[nH]c2ccccc12)C(=O)N[C@@H](Cc1c[nH]c2ccccc12)C(=O)N[C@@H](CC(C)C)C(=O)N[C@@H](Cc1c[nH]c2ccccc12)C(=O)N[C@@H](CCCCN)C(=O)O. The van der Waals surface area contributed by atoms with Crippen molar-refractivity contribution in [3.8, 4) is 0 Å². The average Bonchev–Trinajstić information content (AvgIpc) is 2.00. The molecule has 0 spiro atoms. The van der Waals surface area contributed by atoms with E-state index in [0.717, 1.165) is 49.2 Å². The van der Waals surface area contributed by atoms with Crippen molar-refractivity contribution in [1.82, 2.24) is 57.2 Å². The van der Waals surface area contributed by atoms with Crippen molar-refractivity contribution in [1.29, 1.82) is 0 Å². The maximum atomic E-state index is 15.4. The first-order valence-corrected chi connectivity index (χ1v) is 31.6. The number of rotatable bonds is 35. The molecule has 0 saturated carbocycles. The molecule has 4 aromatic carbocycles. The summed E-state index contributed by atoms with van der Waals surface area (Å²) in [6.45, 7) is 8.14. The molecule has 9 atom stereocenters. The number of nitrogens with two attached hydrogens (primary N) is 3. The summed E-state index contributed by atoms with van der Waals surface area (Å²) < 4.78 is 0. The number of carbonyl (C=O) groups excluding carboxylic acids is 7. The minimum atomic E-state index is -1.40. The summed E-state index contributed by atoms with van der Waals surface area (Å²) in [5.74, 6) is -6.87. The van der Waals surface area contributed by atoms with Crippen LogP contribution in [0.1, 0.15) is 101 Å². The standard InChI is InChI=1S/C68H88N14O9/c1-5-40(4)60(82-66(88)59(77-61(83)49(71)22-14-16-28-69)34-44-38-75-53-26-13-9-21-48(44)53)67(89)81-58(33-43-37-74-52-25-12-8-20-47(43)52)65(87)80-57(32-42-36-73-51-24-11-7-19-46(42)51)64(86)78-55(30-39(2)3)62(84)79-56(31-41-35-72-50-23-10-6-18-45(41)50)63(85)76-54(68(90)91)27-15-17-29-70/h6-13,18-21,23-26,35-40,49,54-60,72-75H,5,14-17,22,27-34,69-71H2,1-4H3,(H,76,85)(H,77,83)(H,78,86)(H,79,84)(H,80,87)(H,81,89)(H,82,88)(H,90,91)/t40-,49-,54-,55-,56-,57-,58-,59-,60-/m0/s1. The Kier molecular flexibility index (Phi) is 24.1. The van der Waals surface area contributed by atoms with Crippen molar-refractivity contribution in [2.45, 2.75) is 153 Å². The van der Waals surface area contributed by atoms with Crippen molar-refractivity contribution in [2.75, 3.05) is 13.1 Å². The highest BCUT2D eigenvalue weighted by molar-refractivity contribution is 5.99. The summed E-state index contributed by atoms with van der Waals surface area (Å²) in [7, 11) is 0. The van der Waals surface area contributed by atoms with Crippen LogP contribution < -0.4 is 54.4 Å². The van der Waals surface area contributed by atoms with E-state index in [0.29, 0.717) is 68.3 Å². The van der Waals surface area contributed by atoms with Crippen LogP contribution in [0, 0.1) is 11.8 Å². The number of benzene rings is 4. The zero-order valence-electron chi connectivity index (χ0n) is 52.2. The van der Waals surface area contributed by atoms with Gasteiger partial charge in [-0.25, -0.2) is 4.79 Å². The van der Waals surface area contributed by atoms with Crippen LogP contribution in [0.15, 0.2) is 122 Å². The summed E-state index contributed by atoms with van der Waals surface area (Å²) in [6, 6.07) is 19.8. The fraction of sp³-hybridized carbons (Fsp3) is 0.412. The highest BCUT2D eigenvalue weighted by atomic mass is 16.4. The van der Waals surface area contributed by atoms with Gasteiger partial charge in [-0.1, -0.05) is 113 Å². The lowest BCUT2D eigenvalue weighted by Gasteiger charge is -2.30. The molecule has 0 unspecified atom stereocenters. The molecule has 0 radical (unpaired) electrons. The van der Waals surface area contributed by atoms with E-state index in [2.05, 4.69) is 57.2 Å². The van der Waals surface area contributed by atoms with Gasteiger partial charge in [0.25, 0.3) is 0 Å². The largest absolute Gasteiger partial charge is 0.480 e. The van der Waals surface area contributed by atoms with E-state index in [1.165, 1.54) is 0 Å². The maximum absolute atomic E-state index is 15.4. The first-order valence-electron chi connectivity index (χ1n) is 31.6. The van der Waals surface area contributed by atoms with Crippen molar-refractivity contribution in [3.05, 3.63) is 144 Å². The Morgan fingerprint density at radius 1 is 0.418 bits per heavy atom. The number of para-hydroxylation sites is 4. The molecule has 7 amide bonds. The second-order valence-corrected chi connectivity index (χ2v) is 24.1. The molecular formula is C68H88N14O9. The van der Waals surface area contributed by atoms with Crippen molar-refractivity contribution in [2.24, 2.45) is 29.0 Å². The van der Waals surface area contributed by atoms with Gasteiger partial charge in [0.2, 0.25) is 41.4 Å². The van der Waals surface area contributed by atoms with Gasteiger partial charge in [0.05, 0.1) is 6.04 Å². The van der Waals surface area contributed by atoms with Crippen LogP contribution in [0.2, 0.25) is 0 Å². The van der Waals surface area contributed by atoms with Crippen LogP contribution in [0.3, 0.4) is 0 Å². The summed E-state index contributed by atoms with van der Waals surface area (Å²) in [6.07, 6.45) is 9.95. The second kappa shape index (κ2) is 32.4. The Bertz CT molecular complexity index is 3790. The molecule has 4 aromatic heterocycles. The minimum absolute atomic E-state index is 0.0429. The molecule has 0 saturated heterocycles. The lowest BCUT2D eigenvalue weighted by atomic mass is 9.95.